The summed E-state index contributed by atoms with van der Waals surface area (Å²) in [6.07, 6.45) is -1.85. The molecular formula is C35H52N4O9S. The van der Waals surface area contributed by atoms with Crippen LogP contribution in [-0.2, 0) is 30.8 Å². The average Bonchev–Trinajstić information content (AvgIpc) is 3.46. The van der Waals surface area contributed by atoms with Gasteiger partial charge in [-0.1, -0.05) is 65.0 Å². The summed E-state index contributed by atoms with van der Waals surface area (Å²) in [7, 11) is -2.68. The Balaban J connectivity index is 1.86. The molecular weight excluding hydrogens is 652 g/mol. The number of sulfonamides is 1. The molecule has 3 N–H and O–H groups in total. The number of carbonyl (C=O) groups is 3. The van der Waals surface area contributed by atoms with Gasteiger partial charge in [-0.15, -0.1) is 0 Å². The number of ether oxygens (including phenoxy) is 3. The Hall–Kier alpha value is -3.88. The number of amides is 3. The minimum absolute atomic E-state index is 0.00935. The van der Waals surface area contributed by atoms with Crippen molar-refractivity contribution in [3.05, 3.63) is 54.1 Å². The molecule has 1 heterocycles. The first-order chi connectivity index (χ1) is 22.7. The lowest BCUT2D eigenvalue weighted by atomic mass is 9.85. The number of carbonyl (C=O) groups excluding carboxylic acids is 3. The smallest absolute Gasteiger partial charge is 0.410 e. The zero-order valence-electron chi connectivity index (χ0n) is 30.0. The second kappa shape index (κ2) is 16.2. The van der Waals surface area contributed by atoms with Crippen LogP contribution in [0.1, 0.15) is 61.0 Å². The molecule has 0 aliphatic carbocycles. The molecule has 0 radical (unpaired) electrons. The van der Waals surface area contributed by atoms with Gasteiger partial charge < -0.3 is 34.9 Å². The van der Waals surface area contributed by atoms with E-state index in [0.29, 0.717) is 11.5 Å². The van der Waals surface area contributed by atoms with Crippen LogP contribution in [0.3, 0.4) is 0 Å². The Kier molecular flexibility index (Phi) is 13.1. The van der Waals surface area contributed by atoms with Crippen molar-refractivity contribution >= 4 is 27.9 Å². The van der Waals surface area contributed by atoms with Gasteiger partial charge in [0.1, 0.15) is 18.2 Å². The Morgan fingerprint density at radius 2 is 1.57 bits per heavy atom. The summed E-state index contributed by atoms with van der Waals surface area (Å²) in [5.74, 6) is -0.487. The standard InChI is InChI=1S/C35H52N4O9S/c1-23(2)19-39(49(44,45)25-15-16-28-29(18-25)47-22-46-28)20-27(40)26(17-24-13-11-10-12-14-24)36-32(42)31(34(3,4)5)37-30(41)21-38(9)33(43)48-35(6,7)8/h10-16,18,23,26-27,31,40H,17,19-22H2,1-9H3,(H,36,42)(H,37,41)/t26-,27+,31+/m0/s1. The molecule has 0 aromatic heterocycles. The van der Waals surface area contributed by atoms with Crippen molar-refractivity contribution in [2.45, 2.75) is 90.5 Å². The van der Waals surface area contributed by atoms with Gasteiger partial charge in [-0.2, -0.15) is 4.31 Å². The predicted molar refractivity (Wildman–Crippen MR) is 184 cm³/mol. The maximum absolute atomic E-state index is 13.9. The van der Waals surface area contributed by atoms with Gasteiger partial charge in [-0.3, -0.25) is 9.59 Å². The third-order valence-electron chi connectivity index (χ3n) is 7.55. The van der Waals surface area contributed by atoms with Gasteiger partial charge in [0, 0.05) is 26.2 Å². The normalized spacial score (nSPS) is 15.0. The first-order valence-corrected chi connectivity index (χ1v) is 17.8. The molecule has 0 fully saturated rings. The van der Waals surface area contributed by atoms with Crippen molar-refractivity contribution in [1.82, 2.24) is 19.8 Å². The molecule has 1 aliphatic heterocycles. The number of nitrogens with zero attached hydrogens (tertiary/aromatic N) is 2. The molecule has 14 heteroatoms. The van der Waals surface area contributed by atoms with Gasteiger partial charge in [0.2, 0.25) is 28.6 Å². The summed E-state index contributed by atoms with van der Waals surface area (Å²) in [4.78, 5) is 40.5. The minimum Gasteiger partial charge on any atom is -0.454 e. The van der Waals surface area contributed by atoms with E-state index in [1.54, 1.807) is 41.5 Å². The Morgan fingerprint density at radius 3 is 2.16 bits per heavy atom. The van der Waals surface area contributed by atoms with E-state index in [1.807, 2.05) is 44.2 Å². The fraction of sp³-hybridized carbons (Fsp3) is 0.571. The van der Waals surface area contributed by atoms with Crippen LogP contribution in [0.25, 0.3) is 0 Å². The highest BCUT2D eigenvalue weighted by Gasteiger charge is 2.37. The number of likely N-dealkylation sites (N-methyl/N-ethyl adjacent to an activating group) is 1. The molecule has 0 saturated carbocycles. The Bertz CT molecular complexity index is 1550. The Morgan fingerprint density at radius 1 is 0.939 bits per heavy atom. The van der Waals surface area contributed by atoms with Crippen LogP contribution in [0.15, 0.2) is 53.4 Å². The van der Waals surface area contributed by atoms with Crippen LogP contribution in [0, 0.1) is 11.3 Å². The van der Waals surface area contributed by atoms with Gasteiger partial charge in [0.25, 0.3) is 0 Å². The summed E-state index contributed by atoms with van der Waals surface area (Å²) in [6.45, 7) is 13.6. The average molecular weight is 705 g/mol. The van der Waals surface area contributed by atoms with Crippen molar-refractivity contribution in [3.8, 4) is 11.5 Å². The monoisotopic (exact) mass is 704 g/mol. The predicted octanol–water partition coefficient (Wildman–Crippen LogP) is 3.55. The van der Waals surface area contributed by atoms with E-state index in [-0.39, 0.29) is 43.7 Å². The molecule has 0 unspecified atom stereocenters. The van der Waals surface area contributed by atoms with Crippen molar-refractivity contribution < 1.29 is 42.1 Å². The molecule has 1 aliphatic rings. The zero-order valence-corrected chi connectivity index (χ0v) is 30.8. The lowest BCUT2D eigenvalue weighted by Crippen LogP contribution is -2.59. The largest absolute Gasteiger partial charge is 0.454 e. The lowest BCUT2D eigenvalue weighted by molar-refractivity contribution is -0.133. The number of rotatable bonds is 14. The summed E-state index contributed by atoms with van der Waals surface area (Å²) < 4.78 is 45.1. The van der Waals surface area contributed by atoms with Gasteiger partial charge in [-0.05, 0) is 56.2 Å². The van der Waals surface area contributed by atoms with Gasteiger partial charge >= 0.3 is 6.09 Å². The third-order valence-corrected chi connectivity index (χ3v) is 9.38. The van der Waals surface area contributed by atoms with E-state index in [2.05, 4.69) is 10.6 Å². The molecule has 0 spiro atoms. The van der Waals surface area contributed by atoms with E-state index in [9.17, 15) is 27.9 Å². The highest BCUT2D eigenvalue weighted by molar-refractivity contribution is 7.89. The Labute approximate surface area is 290 Å². The van der Waals surface area contributed by atoms with Crippen LogP contribution in [-0.4, -0.2) is 97.9 Å². The number of hydrogen-bond donors (Lipinski definition) is 3. The molecule has 3 atom stereocenters. The number of benzene rings is 2. The number of hydrogen-bond acceptors (Lipinski definition) is 9. The minimum atomic E-state index is -4.11. The van der Waals surface area contributed by atoms with Crippen molar-refractivity contribution in [3.63, 3.8) is 0 Å². The molecule has 13 nitrogen and oxygen atoms in total. The first-order valence-electron chi connectivity index (χ1n) is 16.3. The number of fused-ring (bicyclic) bond motifs is 1. The van der Waals surface area contributed by atoms with Gasteiger partial charge in [-0.25, -0.2) is 13.2 Å². The maximum atomic E-state index is 13.9. The van der Waals surface area contributed by atoms with E-state index in [4.69, 9.17) is 14.2 Å². The van der Waals surface area contributed by atoms with E-state index < -0.39 is 57.1 Å². The highest BCUT2D eigenvalue weighted by Crippen LogP contribution is 2.35. The summed E-state index contributed by atoms with van der Waals surface area (Å²) >= 11 is 0. The van der Waals surface area contributed by atoms with Crippen LogP contribution < -0.4 is 20.1 Å². The lowest BCUT2D eigenvalue weighted by Gasteiger charge is -2.35. The van der Waals surface area contributed by atoms with Gasteiger partial charge in [0.15, 0.2) is 11.5 Å². The summed E-state index contributed by atoms with van der Waals surface area (Å²) in [6, 6.07) is 11.5. The van der Waals surface area contributed by atoms with Crippen LogP contribution >= 0.6 is 0 Å². The number of nitrogens with one attached hydrogen (secondary N) is 2. The van der Waals surface area contributed by atoms with Crippen molar-refractivity contribution in [2.24, 2.45) is 11.3 Å². The van der Waals surface area contributed by atoms with Crippen LogP contribution in [0.4, 0.5) is 4.79 Å². The maximum Gasteiger partial charge on any atom is 0.410 e. The SMILES string of the molecule is CC(C)CN(C[C@@H](O)[C@H](Cc1ccccc1)NC(=O)[C@@H](NC(=O)CN(C)C(=O)OC(C)(C)C)C(C)(C)C)S(=O)(=O)c1ccc2c(c1)OCO2. The number of aliphatic hydroxyl groups is 1. The second-order valence-electron chi connectivity index (χ2n) is 14.8. The molecule has 272 valence electrons. The molecule has 3 amide bonds. The fourth-order valence-corrected chi connectivity index (χ4v) is 6.76. The highest BCUT2D eigenvalue weighted by atomic mass is 32.2. The molecule has 0 saturated heterocycles. The molecule has 3 rings (SSSR count). The quantitative estimate of drug-likeness (QED) is 0.267. The molecule has 2 aromatic rings. The molecule has 2 aromatic carbocycles. The number of aliphatic hydroxyl groups excluding tert-OH is 1. The molecule has 49 heavy (non-hydrogen) atoms. The third kappa shape index (κ3) is 11.6. The van der Waals surface area contributed by atoms with E-state index in [0.717, 1.165) is 10.5 Å². The summed E-state index contributed by atoms with van der Waals surface area (Å²) in [5.41, 5.74) is -0.728. The zero-order chi connectivity index (χ0) is 36.7. The van der Waals surface area contributed by atoms with Crippen LogP contribution in [0.5, 0.6) is 11.5 Å². The van der Waals surface area contributed by atoms with E-state index >= 15 is 0 Å². The van der Waals surface area contributed by atoms with Crippen molar-refractivity contribution in [2.75, 3.05) is 33.5 Å². The van der Waals surface area contributed by atoms with Gasteiger partial charge in [0.05, 0.1) is 17.0 Å². The summed E-state index contributed by atoms with van der Waals surface area (Å²) in [5, 5.41) is 17.3. The van der Waals surface area contributed by atoms with E-state index in [1.165, 1.54) is 29.6 Å². The molecule has 0 bridgehead atoms. The fourth-order valence-electron chi connectivity index (χ4n) is 5.12. The first kappa shape index (κ1) is 39.6. The topological polar surface area (TPSA) is 164 Å². The van der Waals surface area contributed by atoms with Crippen molar-refractivity contribution in [1.29, 1.82) is 0 Å². The second-order valence-corrected chi connectivity index (χ2v) is 16.7. The van der Waals surface area contributed by atoms with Crippen LogP contribution in [0.2, 0.25) is 0 Å².